The maximum atomic E-state index is 12.6. The molecule has 9 heteroatoms. The van der Waals surface area contributed by atoms with Crippen LogP contribution in [0.4, 0.5) is 10.3 Å². The van der Waals surface area contributed by atoms with Crippen molar-refractivity contribution in [3.8, 4) is 0 Å². The summed E-state index contributed by atoms with van der Waals surface area (Å²) in [7, 11) is 0. The molecule has 1 N–H and O–H groups in total. The lowest BCUT2D eigenvalue weighted by Crippen LogP contribution is -2.45. The van der Waals surface area contributed by atoms with E-state index in [9.17, 15) is 9.59 Å². The van der Waals surface area contributed by atoms with Crippen LogP contribution in [0.15, 0.2) is 0 Å². The lowest BCUT2D eigenvalue weighted by Gasteiger charge is -2.24. The molecule has 144 valence electrons. The first kappa shape index (κ1) is 19.0. The second-order valence-electron chi connectivity index (χ2n) is 6.69. The van der Waals surface area contributed by atoms with Gasteiger partial charge in [-0.15, -0.1) is 10.2 Å². The smallest absolute Gasteiger partial charge is 0.242 e. The summed E-state index contributed by atoms with van der Waals surface area (Å²) in [6, 6.07) is -0.193. The van der Waals surface area contributed by atoms with Gasteiger partial charge in [-0.2, -0.15) is 0 Å². The molecule has 0 unspecified atom stereocenters. The van der Waals surface area contributed by atoms with Gasteiger partial charge in [0.15, 0.2) is 0 Å². The Bertz CT molecular complexity index is 633. The number of amides is 2. The van der Waals surface area contributed by atoms with Crippen LogP contribution in [-0.4, -0.2) is 72.2 Å². The fourth-order valence-corrected chi connectivity index (χ4v) is 4.51. The van der Waals surface area contributed by atoms with Crippen molar-refractivity contribution in [3.05, 3.63) is 0 Å². The van der Waals surface area contributed by atoms with Crippen molar-refractivity contribution in [1.82, 2.24) is 20.4 Å². The Hall–Kier alpha value is -1.74. The average Bonchev–Trinajstić information content (AvgIpc) is 3.37. The minimum atomic E-state index is -0.193. The molecule has 2 saturated heterocycles. The van der Waals surface area contributed by atoms with Crippen LogP contribution >= 0.6 is 11.3 Å². The van der Waals surface area contributed by atoms with Crippen molar-refractivity contribution in [2.75, 3.05) is 49.1 Å². The van der Waals surface area contributed by atoms with Gasteiger partial charge in [-0.25, -0.2) is 0 Å². The monoisotopic (exact) mass is 380 g/mol. The summed E-state index contributed by atoms with van der Waals surface area (Å²) >= 11 is 1.41. The Morgan fingerprint density at radius 1 is 1.23 bits per heavy atom. The Kier molecular flexibility index (Phi) is 6.42. The predicted octanol–water partition coefficient (Wildman–Crippen LogP) is 1.09. The van der Waals surface area contributed by atoms with E-state index in [4.69, 9.17) is 0 Å². The molecule has 2 aliphatic heterocycles. The summed E-state index contributed by atoms with van der Waals surface area (Å²) in [5, 5.41) is 12.9. The molecule has 3 rings (SSSR count). The van der Waals surface area contributed by atoms with Crippen molar-refractivity contribution in [2.45, 2.75) is 45.6 Å². The third kappa shape index (κ3) is 4.15. The van der Waals surface area contributed by atoms with Crippen LogP contribution in [0.5, 0.6) is 0 Å². The third-order valence-electron chi connectivity index (χ3n) is 5.13. The summed E-state index contributed by atoms with van der Waals surface area (Å²) in [6.07, 6.45) is 3.24. The van der Waals surface area contributed by atoms with Gasteiger partial charge in [-0.3, -0.25) is 14.5 Å². The fraction of sp³-hybridized carbons (Fsp3) is 0.765. The maximum absolute atomic E-state index is 12.6. The van der Waals surface area contributed by atoms with Gasteiger partial charge in [0.1, 0.15) is 6.04 Å². The molecule has 0 spiro atoms. The highest BCUT2D eigenvalue weighted by Gasteiger charge is 2.34. The quantitative estimate of drug-likeness (QED) is 0.727. The second kappa shape index (κ2) is 8.77. The van der Waals surface area contributed by atoms with E-state index in [1.54, 1.807) is 4.90 Å². The predicted molar refractivity (Wildman–Crippen MR) is 103 cm³/mol. The highest BCUT2D eigenvalue weighted by Crippen LogP contribution is 2.33. The summed E-state index contributed by atoms with van der Waals surface area (Å²) in [4.78, 5) is 30.5. The van der Waals surface area contributed by atoms with Crippen LogP contribution in [0.25, 0.3) is 0 Å². The number of nitrogens with one attached hydrogen (secondary N) is 1. The van der Waals surface area contributed by atoms with E-state index in [-0.39, 0.29) is 17.9 Å². The highest BCUT2D eigenvalue weighted by atomic mass is 32.1. The standard InChI is InChI=1S/C17H28N6O2S/c1-3-21(4-2)12-9-18-15(25)13-7-5-10-22(13)16-19-20-17(26-16)23-11-6-8-14(23)24/h13H,3-12H2,1-2H3,(H,18,25)/t13-/m1/s1. The lowest BCUT2D eigenvalue weighted by molar-refractivity contribution is -0.122. The molecule has 0 saturated carbocycles. The Balaban J connectivity index is 1.58. The van der Waals surface area contributed by atoms with Crippen molar-refractivity contribution < 1.29 is 9.59 Å². The van der Waals surface area contributed by atoms with E-state index in [2.05, 4.69) is 34.3 Å². The van der Waals surface area contributed by atoms with Crippen molar-refractivity contribution in [3.63, 3.8) is 0 Å². The van der Waals surface area contributed by atoms with E-state index >= 15 is 0 Å². The maximum Gasteiger partial charge on any atom is 0.242 e. The molecule has 2 fully saturated rings. The second-order valence-corrected chi connectivity index (χ2v) is 7.62. The number of rotatable bonds is 8. The number of hydrogen-bond acceptors (Lipinski definition) is 7. The SMILES string of the molecule is CCN(CC)CCNC(=O)[C@H]1CCCN1c1nnc(N2CCCC2=O)s1. The van der Waals surface area contributed by atoms with Gasteiger partial charge in [0.2, 0.25) is 22.1 Å². The molecule has 3 heterocycles. The molecule has 8 nitrogen and oxygen atoms in total. The van der Waals surface area contributed by atoms with Gasteiger partial charge in [-0.05, 0) is 32.4 Å². The number of hydrogen-bond donors (Lipinski definition) is 1. The molecular formula is C17H28N6O2S. The molecule has 0 bridgehead atoms. The van der Waals surface area contributed by atoms with Crippen LogP contribution in [0.2, 0.25) is 0 Å². The minimum absolute atomic E-state index is 0.0589. The van der Waals surface area contributed by atoms with E-state index in [1.807, 2.05) is 4.90 Å². The summed E-state index contributed by atoms with van der Waals surface area (Å²) in [5.41, 5.74) is 0. The molecule has 2 amide bonds. The first-order valence-electron chi connectivity index (χ1n) is 9.54. The summed E-state index contributed by atoms with van der Waals surface area (Å²) in [6.45, 7) is 9.28. The molecule has 26 heavy (non-hydrogen) atoms. The summed E-state index contributed by atoms with van der Waals surface area (Å²) < 4.78 is 0. The zero-order valence-corrected chi connectivity index (χ0v) is 16.4. The van der Waals surface area contributed by atoms with Crippen LogP contribution in [0.1, 0.15) is 39.5 Å². The first-order chi connectivity index (χ1) is 12.6. The minimum Gasteiger partial charge on any atom is -0.353 e. The van der Waals surface area contributed by atoms with Crippen LogP contribution in [0.3, 0.4) is 0 Å². The third-order valence-corrected chi connectivity index (χ3v) is 6.11. The number of aromatic nitrogens is 2. The van der Waals surface area contributed by atoms with Crippen LogP contribution < -0.4 is 15.1 Å². The van der Waals surface area contributed by atoms with Crippen LogP contribution in [0, 0.1) is 0 Å². The van der Waals surface area contributed by atoms with Gasteiger partial charge in [0, 0.05) is 32.6 Å². The zero-order valence-electron chi connectivity index (χ0n) is 15.6. The molecule has 1 aromatic heterocycles. The average molecular weight is 381 g/mol. The summed E-state index contributed by atoms with van der Waals surface area (Å²) in [5.74, 6) is 0.170. The van der Waals surface area contributed by atoms with Crippen LogP contribution in [-0.2, 0) is 9.59 Å². The Morgan fingerprint density at radius 2 is 2.00 bits per heavy atom. The number of carbonyl (C=O) groups excluding carboxylic acids is 2. The largest absolute Gasteiger partial charge is 0.353 e. The molecule has 0 aromatic carbocycles. The molecule has 0 radical (unpaired) electrons. The van der Waals surface area contributed by atoms with Gasteiger partial charge < -0.3 is 15.1 Å². The topological polar surface area (TPSA) is 81.7 Å². The molecule has 2 aliphatic rings. The van der Waals surface area contributed by atoms with Crippen molar-refractivity contribution in [1.29, 1.82) is 0 Å². The molecule has 0 aliphatic carbocycles. The molecule has 1 aromatic rings. The van der Waals surface area contributed by atoms with E-state index in [0.29, 0.717) is 24.6 Å². The lowest BCUT2D eigenvalue weighted by atomic mass is 10.2. The van der Waals surface area contributed by atoms with Gasteiger partial charge in [0.05, 0.1) is 0 Å². The van der Waals surface area contributed by atoms with Crippen molar-refractivity contribution in [2.24, 2.45) is 0 Å². The Morgan fingerprint density at radius 3 is 2.69 bits per heavy atom. The molecular weight excluding hydrogens is 352 g/mol. The van der Waals surface area contributed by atoms with E-state index in [0.717, 1.165) is 50.6 Å². The number of likely N-dealkylation sites (N-methyl/N-ethyl adjacent to an activating group) is 1. The Labute approximate surface area is 158 Å². The van der Waals surface area contributed by atoms with Gasteiger partial charge in [-0.1, -0.05) is 25.2 Å². The van der Waals surface area contributed by atoms with E-state index < -0.39 is 0 Å². The molecule has 1 atom stereocenters. The highest BCUT2D eigenvalue weighted by molar-refractivity contribution is 7.19. The van der Waals surface area contributed by atoms with Gasteiger partial charge >= 0.3 is 0 Å². The zero-order chi connectivity index (χ0) is 18.5. The van der Waals surface area contributed by atoms with Gasteiger partial charge in [0.25, 0.3) is 0 Å². The number of nitrogens with zero attached hydrogens (tertiary/aromatic N) is 5. The van der Waals surface area contributed by atoms with E-state index in [1.165, 1.54) is 11.3 Å². The normalized spacial score (nSPS) is 20.4. The first-order valence-corrected chi connectivity index (χ1v) is 10.4. The number of carbonyl (C=O) groups is 2. The number of anilines is 2. The van der Waals surface area contributed by atoms with Crippen molar-refractivity contribution >= 4 is 33.4 Å². The fourth-order valence-electron chi connectivity index (χ4n) is 3.55.